The van der Waals surface area contributed by atoms with Crippen LogP contribution >= 0.6 is 0 Å². The van der Waals surface area contributed by atoms with E-state index in [9.17, 15) is 48.6 Å². The number of Topliss-reactive ketones (excluding diaryl/α,β-unsaturated/α-hetero) is 1. The van der Waals surface area contributed by atoms with E-state index in [4.69, 9.17) is 29.8 Å². The number of phenols is 1. The van der Waals surface area contributed by atoms with E-state index in [1.54, 1.807) is 12.1 Å². The molecular formula is C63H106N6O15. The number of nitrogens with one attached hydrogen (secondary N) is 5. The predicted octanol–water partition coefficient (Wildman–Crippen LogP) is 7.58. The van der Waals surface area contributed by atoms with Gasteiger partial charge in [0.05, 0.1) is 39.6 Å². The van der Waals surface area contributed by atoms with Gasteiger partial charge in [-0.15, -0.1) is 0 Å². The quantitative estimate of drug-likeness (QED) is 0.0284. The van der Waals surface area contributed by atoms with Crippen LogP contribution < -0.4 is 32.3 Å². The van der Waals surface area contributed by atoms with Crippen molar-refractivity contribution in [3.05, 3.63) is 42.1 Å². The third-order valence-electron chi connectivity index (χ3n) is 15.3. The highest BCUT2D eigenvalue weighted by atomic mass is 16.5. The fourth-order valence-electron chi connectivity index (χ4n) is 10.1. The number of amides is 5. The molecule has 1 aromatic carbocycles. The Labute approximate surface area is 500 Å². The lowest BCUT2D eigenvalue weighted by Gasteiger charge is -2.31. The van der Waals surface area contributed by atoms with Crippen molar-refractivity contribution in [2.45, 2.75) is 199 Å². The molecule has 1 aliphatic rings. The van der Waals surface area contributed by atoms with E-state index in [1.807, 2.05) is 6.92 Å². The van der Waals surface area contributed by atoms with E-state index in [2.05, 4.69) is 33.2 Å². The second kappa shape index (κ2) is 48.6. The molecular weight excluding hydrogens is 1080 g/mol. The Morgan fingerprint density at radius 2 is 1.04 bits per heavy atom. The minimum Gasteiger partial charge on any atom is -0.508 e. The van der Waals surface area contributed by atoms with Crippen LogP contribution in [0.15, 0.2) is 36.5 Å². The standard InChI is InChI=1S/C63H106N6O15/c1-48(56(71)44-53(62(64)78)43-50-26-30-54(70)31-27-50)21-19-20-34-65-59(74)46-83-41-40-82-38-36-67-60(75)47-84-42-39-81-37-35-66-58(73)33-32-55(63(79)80)69-49(2)52-28-24-51(25-29-52)45-68-57(72)22-17-15-13-11-9-7-5-3-4-6-8-10-12-14-16-18-23-61(76)77/h26-27,30-31,48,51-53,55,69-70H,2-25,28-29,32-47H2,1H3,(H2,64,78)(H,65,74)(H,66,73)(H,67,75)(H,68,72)(H,76,77)(H,79,80)/t48-,51?,52?,53+,55-/m0/s1. The molecule has 0 unspecified atom stereocenters. The number of ether oxygens (including phenoxy) is 4. The zero-order chi connectivity index (χ0) is 61.4. The van der Waals surface area contributed by atoms with E-state index in [-0.39, 0.29) is 132 Å². The van der Waals surface area contributed by atoms with Gasteiger partial charge in [-0.05, 0) is 93.7 Å². The number of carbonyl (C=O) groups is 8. The number of hydrogen-bond donors (Lipinski definition) is 9. The van der Waals surface area contributed by atoms with E-state index in [0.29, 0.717) is 63.2 Å². The Balaban J connectivity index is 1.36. The Bertz CT molecular complexity index is 2020. The van der Waals surface area contributed by atoms with E-state index in [0.717, 1.165) is 63.4 Å². The topological polar surface area (TPSA) is 320 Å². The van der Waals surface area contributed by atoms with Crippen molar-refractivity contribution in [1.29, 1.82) is 0 Å². The molecule has 0 radical (unpaired) electrons. The van der Waals surface area contributed by atoms with Crippen LogP contribution in [0.4, 0.5) is 0 Å². The molecule has 1 saturated carbocycles. The van der Waals surface area contributed by atoms with Gasteiger partial charge in [0.25, 0.3) is 0 Å². The first-order valence-electron chi connectivity index (χ1n) is 31.4. The first-order valence-corrected chi connectivity index (χ1v) is 31.4. The van der Waals surface area contributed by atoms with Crippen LogP contribution in [0.5, 0.6) is 5.75 Å². The van der Waals surface area contributed by atoms with E-state index < -0.39 is 29.8 Å². The summed E-state index contributed by atoms with van der Waals surface area (Å²) in [6.07, 6.45) is 25.7. The first kappa shape index (κ1) is 74.5. The molecule has 21 heteroatoms. The van der Waals surface area contributed by atoms with Crippen LogP contribution in [0.25, 0.3) is 0 Å². The summed E-state index contributed by atoms with van der Waals surface area (Å²) in [4.78, 5) is 96.6. The van der Waals surface area contributed by atoms with E-state index in [1.165, 1.54) is 82.8 Å². The highest BCUT2D eigenvalue weighted by molar-refractivity contribution is 5.87. The molecule has 2 rings (SSSR count). The Kier molecular flexibility index (Phi) is 43.1. The molecule has 0 saturated heterocycles. The van der Waals surface area contributed by atoms with Crippen LogP contribution in [0, 0.1) is 23.7 Å². The summed E-state index contributed by atoms with van der Waals surface area (Å²) < 4.78 is 21.6. The molecule has 0 heterocycles. The maximum absolute atomic E-state index is 12.8. The number of ketones is 1. The van der Waals surface area contributed by atoms with Gasteiger partial charge in [-0.3, -0.25) is 33.6 Å². The van der Waals surface area contributed by atoms with Crippen LogP contribution in [-0.4, -0.2) is 148 Å². The molecule has 0 aliphatic heterocycles. The number of aliphatic carboxylic acids is 2. The van der Waals surface area contributed by atoms with Gasteiger partial charge >= 0.3 is 11.9 Å². The molecule has 10 N–H and O–H groups in total. The van der Waals surface area contributed by atoms with Gasteiger partial charge in [-0.1, -0.05) is 122 Å². The molecule has 0 bridgehead atoms. The van der Waals surface area contributed by atoms with Gasteiger partial charge in [0.15, 0.2) is 0 Å². The fraction of sp³-hybridized carbons (Fsp3) is 0.746. The monoisotopic (exact) mass is 1190 g/mol. The van der Waals surface area contributed by atoms with Gasteiger partial charge in [-0.25, -0.2) is 4.79 Å². The summed E-state index contributed by atoms with van der Waals surface area (Å²) in [6, 6.07) is 5.50. The highest BCUT2D eigenvalue weighted by Crippen LogP contribution is 2.32. The van der Waals surface area contributed by atoms with Crippen molar-refractivity contribution < 1.29 is 72.6 Å². The second-order valence-electron chi connectivity index (χ2n) is 22.6. The van der Waals surface area contributed by atoms with Crippen LogP contribution in [-0.2, 0) is 63.7 Å². The summed E-state index contributed by atoms with van der Waals surface area (Å²) in [7, 11) is 0. The average Bonchev–Trinajstić information content (AvgIpc) is 3.66. The Morgan fingerprint density at radius 1 is 0.560 bits per heavy atom. The van der Waals surface area contributed by atoms with Crippen molar-refractivity contribution in [3.63, 3.8) is 0 Å². The van der Waals surface area contributed by atoms with Gasteiger partial charge in [0.2, 0.25) is 29.5 Å². The zero-order valence-corrected chi connectivity index (χ0v) is 50.7. The first-order chi connectivity index (χ1) is 40.5. The van der Waals surface area contributed by atoms with Crippen LogP contribution in [0.3, 0.4) is 0 Å². The minimum atomic E-state index is -1.05. The third kappa shape index (κ3) is 40.6. The summed E-state index contributed by atoms with van der Waals surface area (Å²) >= 11 is 0. The maximum Gasteiger partial charge on any atom is 0.326 e. The number of carbonyl (C=O) groups excluding carboxylic acids is 6. The molecule has 478 valence electrons. The third-order valence-corrected chi connectivity index (χ3v) is 15.3. The number of aromatic hydroxyl groups is 1. The van der Waals surface area contributed by atoms with Crippen molar-refractivity contribution in [3.8, 4) is 5.75 Å². The average molecular weight is 1190 g/mol. The SMILES string of the molecule is C=C(N[C@@H](CCC(=O)NCCOCCOCC(=O)NCCOCCOCC(=O)NCCCC[C@H](C)C(=O)C[C@@H](Cc1ccc(O)cc1)C(N)=O)C(=O)O)C1CCC(CNC(=O)CCCCCCCCCCCCCCCCCCC(=O)O)CC1. The number of nitrogens with two attached hydrogens (primary N) is 1. The lowest BCUT2D eigenvalue weighted by molar-refractivity contribution is -0.140. The summed E-state index contributed by atoms with van der Waals surface area (Å²) in [6.45, 7) is 8.47. The number of allylic oxidation sites excluding steroid dienone is 1. The Hall–Kier alpha value is -5.64. The molecule has 1 aliphatic carbocycles. The smallest absolute Gasteiger partial charge is 0.326 e. The van der Waals surface area contributed by atoms with E-state index >= 15 is 0 Å². The normalized spacial score (nSPS) is 15.1. The summed E-state index contributed by atoms with van der Waals surface area (Å²) in [5.41, 5.74) is 7.04. The van der Waals surface area contributed by atoms with Gasteiger partial charge in [0.1, 0.15) is 30.8 Å². The molecule has 84 heavy (non-hydrogen) atoms. The zero-order valence-electron chi connectivity index (χ0n) is 50.7. The van der Waals surface area contributed by atoms with Crippen LogP contribution in [0.1, 0.15) is 192 Å². The van der Waals surface area contributed by atoms with Gasteiger partial charge in [-0.2, -0.15) is 0 Å². The molecule has 5 amide bonds. The van der Waals surface area contributed by atoms with Crippen molar-refractivity contribution >= 4 is 47.3 Å². The largest absolute Gasteiger partial charge is 0.508 e. The van der Waals surface area contributed by atoms with Crippen LogP contribution in [0.2, 0.25) is 0 Å². The number of rotatable bonds is 55. The van der Waals surface area contributed by atoms with Crippen molar-refractivity contribution in [2.75, 3.05) is 79.0 Å². The number of primary amides is 1. The maximum atomic E-state index is 12.8. The lowest BCUT2D eigenvalue weighted by Crippen LogP contribution is -2.40. The van der Waals surface area contributed by atoms with Crippen molar-refractivity contribution in [1.82, 2.24) is 26.6 Å². The molecule has 0 spiro atoms. The lowest BCUT2D eigenvalue weighted by atomic mass is 9.80. The van der Waals surface area contributed by atoms with Gasteiger partial charge in [0, 0.05) is 69.4 Å². The number of carboxylic acids is 2. The molecule has 1 fully saturated rings. The minimum absolute atomic E-state index is 0.00930. The molecule has 1 aromatic rings. The number of benzene rings is 1. The van der Waals surface area contributed by atoms with Gasteiger partial charge < -0.3 is 66.6 Å². The summed E-state index contributed by atoms with van der Waals surface area (Å²) in [5, 5.41) is 42.4. The fourth-order valence-corrected chi connectivity index (χ4v) is 10.1. The predicted molar refractivity (Wildman–Crippen MR) is 322 cm³/mol. The van der Waals surface area contributed by atoms with Crippen molar-refractivity contribution in [2.24, 2.45) is 29.4 Å². The number of carboxylic acid groups (broad SMARTS) is 2. The summed E-state index contributed by atoms with van der Waals surface area (Å²) in [5.74, 6) is -3.37. The molecule has 0 aromatic heterocycles. The Morgan fingerprint density at radius 3 is 1.55 bits per heavy atom. The number of phenolic OH excluding ortho intramolecular Hbond substituents is 1. The molecule has 3 atom stereocenters. The second-order valence-corrected chi connectivity index (χ2v) is 22.6. The highest BCUT2D eigenvalue weighted by Gasteiger charge is 2.27. The number of unbranched alkanes of at least 4 members (excludes halogenated alkanes) is 16. The number of hydrogen-bond acceptors (Lipinski definition) is 14. The molecule has 21 nitrogen and oxygen atoms in total.